The molecule has 1 rings (SSSR count). The van der Waals surface area contributed by atoms with Crippen LogP contribution >= 0.6 is 42.4 Å². The lowest BCUT2D eigenvalue weighted by Gasteiger charge is -2.43. The molecule has 1 fully saturated rings. The fraction of sp³-hybridized carbons (Fsp3) is 0.824. The molecule has 32 heavy (non-hydrogen) atoms. The average Bonchev–Trinajstić information content (AvgIpc) is 2.64. The van der Waals surface area contributed by atoms with Crippen LogP contribution < -0.4 is 0 Å². The number of halogens is 3. The number of nitrogens with one attached hydrogen (secondary N) is 1. The van der Waals surface area contributed by atoms with E-state index in [4.69, 9.17) is 68.2 Å². The zero-order valence-corrected chi connectivity index (χ0v) is 21.1. The number of carbonyl (C=O) groups is 2. The first-order chi connectivity index (χ1) is 14.7. The molecule has 0 aromatic heterocycles. The van der Waals surface area contributed by atoms with Gasteiger partial charge in [0, 0.05) is 13.8 Å². The first-order valence-electron chi connectivity index (χ1n) is 9.62. The van der Waals surface area contributed by atoms with E-state index in [1.165, 1.54) is 0 Å². The van der Waals surface area contributed by atoms with E-state index in [0.29, 0.717) is 0 Å². The highest BCUT2D eigenvalue weighted by atomic mass is 35.6. The third-order valence-corrected chi connectivity index (χ3v) is 6.68. The van der Waals surface area contributed by atoms with Gasteiger partial charge in [0.1, 0.15) is 6.10 Å². The lowest BCUT2D eigenvalue weighted by molar-refractivity contribution is -0.284. The van der Waals surface area contributed by atoms with Crippen molar-refractivity contribution in [1.29, 1.82) is 5.41 Å². The van der Waals surface area contributed by atoms with Gasteiger partial charge in [-0.2, -0.15) is 0 Å². The fourth-order valence-corrected chi connectivity index (χ4v) is 4.72. The summed E-state index contributed by atoms with van der Waals surface area (Å²) in [6.07, 6.45) is -7.49. The summed E-state index contributed by atoms with van der Waals surface area (Å²) in [5.74, 6) is -2.47. The maximum absolute atomic E-state index is 12.8. The third-order valence-electron chi connectivity index (χ3n) is 4.05. The van der Waals surface area contributed by atoms with Crippen LogP contribution in [0.3, 0.4) is 0 Å². The van der Waals surface area contributed by atoms with Crippen LogP contribution in [-0.2, 0) is 42.1 Å². The van der Waals surface area contributed by atoms with Gasteiger partial charge < -0.3 is 33.1 Å². The normalized spacial score (nSPS) is 26.3. The van der Waals surface area contributed by atoms with Crippen LogP contribution in [0, 0.1) is 5.41 Å². The summed E-state index contributed by atoms with van der Waals surface area (Å²) >= 11 is 16.9. The van der Waals surface area contributed by atoms with E-state index >= 15 is 0 Å². The molecule has 186 valence electrons. The Hall–Kier alpha value is -0.650. The fourth-order valence-electron chi connectivity index (χ4n) is 2.90. The molecular formula is C17H27Cl3NO10P. The van der Waals surface area contributed by atoms with Gasteiger partial charge >= 0.3 is 19.5 Å². The molecule has 5 atom stereocenters. The van der Waals surface area contributed by atoms with Crippen molar-refractivity contribution in [3.05, 3.63) is 0 Å². The molecule has 15 heteroatoms. The lowest BCUT2D eigenvalue weighted by atomic mass is 9.96. The van der Waals surface area contributed by atoms with Crippen LogP contribution in [0.25, 0.3) is 0 Å². The molecule has 0 amide bonds. The van der Waals surface area contributed by atoms with E-state index in [9.17, 15) is 19.3 Å². The van der Waals surface area contributed by atoms with Gasteiger partial charge in [-0.25, -0.2) is 0 Å². The highest BCUT2D eigenvalue weighted by Crippen LogP contribution is 2.49. The predicted molar refractivity (Wildman–Crippen MR) is 115 cm³/mol. The second kappa shape index (κ2) is 12.7. The molecule has 0 bridgehead atoms. The summed E-state index contributed by atoms with van der Waals surface area (Å²) in [6, 6.07) is 0. The van der Waals surface area contributed by atoms with Crippen molar-refractivity contribution in [2.24, 2.45) is 0 Å². The molecule has 0 aromatic rings. The van der Waals surface area contributed by atoms with Crippen molar-refractivity contribution in [3.8, 4) is 0 Å². The molecule has 0 unspecified atom stereocenters. The number of aliphatic hydroxyl groups excluding tert-OH is 1. The molecule has 1 heterocycles. The van der Waals surface area contributed by atoms with E-state index < -0.39 is 59.9 Å². The number of carbonyl (C=O) groups excluding carboxylic acids is 2. The van der Waals surface area contributed by atoms with Gasteiger partial charge in [-0.1, -0.05) is 34.8 Å². The Morgan fingerprint density at radius 1 is 1.03 bits per heavy atom. The Morgan fingerprint density at radius 2 is 1.53 bits per heavy atom. The lowest BCUT2D eigenvalue weighted by Crippen LogP contribution is -2.61. The van der Waals surface area contributed by atoms with Gasteiger partial charge in [-0.15, -0.1) is 0 Å². The van der Waals surface area contributed by atoms with Crippen LogP contribution in [-0.4, -0.2) is 76.8 Å². The Kier molecular flexibility index (Phi) is 11.7. The third kappa shape index (κ3) is 8.95. The van der Waals surface area contributed by atoms with Crippen molar-refractivity contribution in [3.63, 3.8) is 0 Å². The number of aliphatic hydroxyl groups is 1. The first-order valence-corrected chi connectivity index (χ1v) is 12.5. The second-order valence-corrected chi connectivity index (χ2v) is 11.1. The first kappa shape index (κ1) is 29.4. The van der Waals surface area contributed by atoms with E-state index in [0.717, 1.165) is 13.8 Å². The van der Waals surface area contributed by atoms with Crippen molar-refractivity contribution in [2.45, 2.75) is 68.6 Å². The number of ether oxygens (including phenoxy) is 4. The van der Waals surface area contributed by atoms with Gasteiger partial charge in [0.05, 0.1) is 25.5 Å². The maximum atomic E-state index is 12.8. The monoisotopic (exact) mass is 541 g/mol. The van der Waals surface area contributed by atoms with Crippen molar-refractivity contribution >= 4 is 60.2 Å². The van der Waals surface area contributed by atoms with E-state index in [2.05, 4.69) is 0 Å². The highest BCUT2D eigenvalue weighted by Gasteiger charge is 2.52. The number of hydrogen-bond acceptors (Lipinski definition) is 11. The summed E-state index contributed by atoms with van der Waals surface area (Å²) in [5, 5.41) is 18.6. The smallest absolute Gasteiger partial charge is 0.330 e. The van der Waals surface area contributed by atoms with Crippen molar-refractivity contribution in [2.75, 3.05) is 19.4 Å². The van der Waals surface area contributed by atoms with Crippen LogP contribution in [0.2, 0.25) is 0 Å². The summed E-state index contributed by atoms with van der Waals surface area (Å²) < 4.78 is 42.1. The van der Waals surface area contributed by atoms with E-state index in [1.54, 1.807) is 13.8 Å². The SMILES string of the molecule is CCOP(=O)(CC[C@H]1O[C@H](OC(=N)C(Cl)(Cl)Cl)[C@@H](OC(C)=O)[C@@H](OC(C)=O)[C@@H]1O)OCC. The molecule has 0 aromatic carbocycles. The van der Waals surface area contributed by atoms with Crippen LogP contribution in [0.5, 0.6) is 0 Å². The van der Waals surface area contributed by atoms with E-state index in [1.807, 2.05) is 0 Å². The predicted octanol–water partition coefficient (Wildman–Crippen LogP) is 2.96. The molecule has 1 aliphatic rings. The Morgan fingerprint density at radius 3 is 1.97 bits per heavy atom. The second-order valence-electron chi connectivity index (χ2n) is 6.59. The molecule has 1 aliphatic heterocycles. The minimum absolute atomic E-state index is 0.0933. The Labute approximate surface area is 200 Å². The van der Waals surface area contributed by atoms with Gasteiger partial charge in [0.15, 0.2) is 6.10 Å². The van der Waals surface area contributed by atoms with Crippen molar-refractivity contribution < 1.29 is 47.3 Å². The Balaban J connectivity index is 3.21. The number of alkyl halides is 3. The molecule has 11 nitrogen and oxygen atoms in total. The van der Waals surface area contributed by atoms with Gasteiger partial charge in [0.2, 0.25) is 18.3 Å². The van der Waals surface area contributed by atoms with Gasteiger partial charge in [-0.05, 0) is 20.3 Å². The summed E-state index contributed by atoms with van der Waals surface area (Å²) in [7, 11) is -3.50. The largest absolute Gasteiger partial charge is 0.455 e. The zero-order valence-electron chi connectivity index (χ0n) is 17.9. The molecule has 0 radical (unpaired) electrons. The number of hydrogen-bond donors (Lipinski definition) is 2. The summed E-state index contributed by atoms with van der Waals surface area (Å²) in [5.41, 5.74) is 0. The van der Waals surface area contributed by atoms with Crippen LogP contribution in [0.4, 0.5) is 0 Å². The quantitative estimate of drug-likeness (QED) is 0.139. The minimum Gasteiger partial charge on any atom is -0.455 e. The maximum Gasteiger partial charge on any atom is 0.330 e. The van der Waals surface area contributed by atoms with E-state index in [-0.39, 0.29) is 25.8 Å². The summed E-state index contributed by atoms with van der Waals surface area (Å²) in [4.78, 5) is 23.2. The van der Waals surface area contributed by atoms with Gasteiger partial charge in [-0.3, -0.25) is 19.6 Å². The molecule has 1 saturated heterocycles. The molecule has 0 saturated carbocycles. The highest BCUT2D eigenvalue weighted by molar-refractivity contribution is 7.53. The van der Waals surface area contributed by atoms with Crippen LogP contribution in [0.1, 0.15) is 34.1 Å². The van der Waals surface area contributed by atoms with Gasteiger partial charge in [0.25, 0.3) is 3.79 Å². The number of rotatable bonds is 10. The number of esters is 2. The topological polar surface area (TPSA) is 151 Å². The molecule has 0 aliphatic carbocycles. The van der Waals surface area contributed by atoms with Crippen LogP contribution in [0.15, 0.2) is 0 Å². The average molecular weight is 543 g/mol. The standard InChI is InChI=1S/C17H27Cl3NO10P/c1-5-26-32(25,27-6-2)8-7-11-12(24)13(28-9(3)22)14(29-10(4)23)15(30-11)31-16(21)17(18,19)20/h11-15,21,24H,5-8H2,1-4H3/t11-,12-,13+,14+,15-/m1/s1. The molecular weight excluding hydrogens is 516 g/mol. The molecule has 0 spiro atoms. The van der Waals surface area contributed by atoms with Crippen molar-refractivity contribution in [1.82, 2.24) is 0 Å². The Bertz CT molecular complexity index is 709. The molecule has 2 N–H and O–H groups in total. The summed E-state index contributed by atoms with van der Waals surface area (Å²) in [6.45, 7) is 5.69. The zero-order chi connectivity index (χ0) is 24.7. The minimum atomic E-state index is -3.50.